The van der Waals surface area contributed by atoms with Crippen LogP contribution in [-0.4, -0.2) is 32.0 Å². The molecule has 0 saturated carbocycles. The third kappa shape index (κ3) is 3.16. The second-order valence-electron chi connectivity index (χ2n) is 3.22. The molecule has 0 aliphatic rings. The van der Waals surface area contributed by atoms with Gasteiger partial charge in [-0.25, -0.2) is 0 Å². The summed E-state index contributed by atoms with van der Waals surface area (Å²) in [7, 11) is 0. The molecule has 0 fully saturated rings. The van der Waals surface area contributed by atoms with Gasteiger partial charge in [0.2, 0.25) is 0 Å². The van der Waals surface area contributed by atoms with Crippen molar-refractivity contribution in [3.05, 3.63) is 34.1 Å². The van der Waals surface area contributed by atoms with Gasteiger partial charge in [0.25, 0.3) is 5.69 Å². The van der Waals surface area contributed by atoms with Crippen LogP contribution < -0.4 is 0 Å². The van der Waals surface area contributed by atoms with Crippen molar-refractivity contribution in [3.63, 3.8) is 0 Å². The summed E-state index contributed by atoms with van der Waals surface area (Å²) in [5.41, 5.74) is 0.0551. The van der Waals surface area contributed by atoms with Gasteiger partial charge in [0.1, 0.15) is 12.3 Å². The van der Waals surface area contributed by atoms with Crippen LogP contribution in [-0.2, 0) is 0 Å². The van der Waals surface area contributed by atoms with Crippen molar-refractivity contribution in [2.24, 2.45) is 0 Å². The third-order valence-electron chi connectivity index (χ3n) is 2.07. The molecule has 88 valence electrons. The van der Waals surface area contributed by atoms with Gasteiger partial charge in [-0.1, -0.05) is 0 Å². The molecule has 0 radical (unpaired) electrons. The second kappa shape index (κ2) is 5.78. The molecule has 0 aromatic carbocycles. The smallest absolute Gasteiger partial charge is 0.287 e. The number of hydrogen-bond donors (Lipinski definition) is 3. The minimum atomic E-state index is -1.15. The molecule has 7 heteroatoms. The minimum Gasteiger partial charge on any atom is -0.390 e. The molecular formula is C9H12N2O4S. The first-order chi connectivity index (χ1) is 7.56. The summed E-state index contributed by atoms with van der Waals surface area (Å²) in [6.07, 6.45) is -0.742. The van der Waals surface area contributed by atoms with Crippen LogP contribution in [0.1, 0.15) is 18.2 Å². The number of nitro groups is 1. The van der Waals surface area contributed by atoms with E-state index in [1.54, 1.807) is 0 Å². The quantitative estimate of drug-likeness (QED) is 0.402. The minimum absolute atomic E-state index is 0.153. The molecule has 0 aliphatic heterocycles. The first-order valence-corrected chi connectivity index (χ1v) is 5.27. The maximum absolute atomic E-state index is 10.4. The van der Waals surface area contributed by atoms with E-state index >= 15 is 0 Å². The highest BCUT2D eigenvalue weighted by Crippen LogP contribution is 2.19. The van der Waals surface area contributed by atoms with E-state index in [2.05, 4.69) is 17.6 Å². The molecule has 0 bridgehead atoms. The predicted molar refractivity (Wildman–Crippen MR) is 60.3 cm³/mol. The first kappa shape index (κ1) is 12.9. The Labute approximate surface area is 97.5 Å². The highest BCUT2D eigenvalue weighted by molar-refractivity contribution is 7.80. The van der Waals surface area contributed by atoms with Gasteiger partial charge in [0.15, 0.2) is 0 Å². The lowest BCUT2D eigenvalue weighted by Gasteiger charge is -2.15. The number of aliphatic hydroxyl groups excluding tert-OH is 2. The van der Waals surface area contributed by atoms with E-state index in [0.717, 1.165) is 6.20 Å². The van der Waals surface area contributed by atoms with Crippen molar-refractivity contribution in [2.45, 2.75) is 18.6 Å². The van der Waals surface area contributed by atoms with E-state index in [-0.39, 0.29) is 11.4 Å². The zero-order valence-electron chi connectivity index (χ0n) is 8.35. The second-order valence-corrected chi connectivity index (χ2v) is 3.67. The van der Waals surface area contributed by atoms with Crippen LogP contribution in [0.15, 0.2) is 18.3 Å². The lowest BCUT2D eigenvalue weighted by Crippen LogP contribution is -2.19. The molecule has 0 spiro atoms. The van der Waals surface area contributed by atoms with Crippen LogP contribution in [0.5, 0.6) is 0 Å². The number of aromatic nitrogens is 1. The standard InChI is InChI=1S/C9H12N2O4S/c12-8(3-4-16)9(13)7-2-1-6(5-10-7)11(14)15/h1-2,5,8-9,12-13,16H,3-4H2. The molecule has 1 aromatic rings. The molecule has 2 unspecified atom stereocenters. The van der Waals surface area contributed by atoms with Crippen LogP contribution in [0.25, 0.3) is 0 Å². The molecule has 0 amide bonds. The molecular weight excluding hydrogens is 232 g/mol. The lowest BCUT2D eigenvalue weighted by atomic mass is 10.1. The van der Waals surface area contributed by atoms with E-state index in [4.69, 9.17) is 0 Å². The SMILES string of the molecule is O=[N+]([O-])c1ccc(C(O)C(O)CCS)nc1. The van der Waals surface area contributed by atoms with Crippen molar-refractivity contribution in [1.29, 1.82) is 0 Å². The Bertz CT molecular complexity index is 357. The van der Waals surface area contributed by atoms with E-state index in [1.807, 2.05) is 0 Å². The van der Waals surface area contributed by atoms with Gasteiger partial charge in [-0.05, 0) is 18.2 Å². The van der Waals surface area contributed by atoms with E-state index in [1.165, 1.54) is 12.1 Å². The average Bonchev–Trinajstić information content (AvgIpc) is 2.28. The summed E-state index contributed by atoms with van der Waals surface area (Å²) in [4.78, 5) is 13.5. The lowest BCUT2D eigenvalue weighted by molar-refractivity contribution is -0.385. The predicted octanol–water partition coefficient (Wildman–Crippen LogP) is 0.704. The number of nitrogens with zero attached hydrogens (tertiary/aromatic N) is 2. The number of thiol groups is 1. The van der Waals surface area contributed by atoms with Gasteiger partial charge in [0.05, 0.1) is 16.7 Å². The van der Waals surface area contributed by atoms with Crippen molar-refractivity contribution >= 4 is 18.3 Å². The van der Waals surface area contributed by atoms with Gasteiger partial charge in [-0.2, -0.15) is 12.6 Å². The molecule has 1 aromatic heterocycles. The van der Waals surface area contributed by atoms with Crippen molar-refractivity contribution in [3.8, 4) is 0 Å². The maximum atomic E-state index is 10.4. The Balaban J connectivity index is 2.77. The van der Waals surface area contributed by atoms with Crippen LogP contribution in [0, 0.1) is 10.1 Å². The van der Waals surface area contributed by atoms with Gasteiger partial charge in [-0.3, -0.25) is 15.1 Å². The topological polar surface area (TPSA) is 96.5 Å². The van der Waals surface area contributed by atoms with Crippen molar-refractivity contribution < 1.29 is 15.1 Å². The van der Waals surface area contributed by atoms with Crippen LogP contribution in [0.4, 0.5) is 5.69 Å². The number of rotatable bonds is 5. The fraction of sp³-hybridized carbons (Fsp3) is 0.444. The summed E-state index contributed by atoms with van der Waals surface area (Å²) in [6, 6.07) is 2.56. The van der Waals surface area contributed by atoms with Crippen LogP contribution >= 0.6 is 12.6 Å². The summed E-state index contributed by atoms with van der Waals surface area (Å²) < 4.78 is 0. The van der Waals surface area contributed by atoms with Gasteiger partial charge in [0, 0.05) is 6.07 Å². The molecule has 0 saturated heterocycles. The highest BCUT2D eigenvalue weighted by atomic mass is 32.1. The van der Waals surface area contributed by atoms with Crippen LogP contribution in [0.3, 0.4) is 0 Å². The van der Waals surface area contributed by atoms with Gasteiger partial charge < -0.3 is 10.2 Å². The molecule has 2 N–H and O–H groups in total. The van der Waals surface area contributed by atoms with Crippen LogP contribution in [0.2, 0.25) is 0 Å². The largest absolute Gasteiger partial charge is 0.390 e. The Hall–Kier alpha value is -1.18. The van der Waals surface area contributed by atoms with Crippen molar-refractivity contribution in [2.75, 3.05) is 5.75 Å². The number of hydrogen-bond acceptors (Lipinski definition) is 6. The average molecular weight is 244 g/mol. The van der Waals surface area contributed by atoms with E-state index < -0.39 is 17.1 Å². The number of pyridine rings is 1. The molecule has 0 aliphatic carbocycles. The fourth-order valence-corrected chi connectivity index (χ4v) is 1.43. The maximum Gasteiger partial charge on any atom is 0.287 e. The van der Waals surface area contributed by atoms with E-state index in [0.29, 0.717) is 12.2 Å². The van der Waals surface area contributed by atoms with Gasteiger partial charge >= 0.3 is 0 Å². The summed E-state index contributed by atoms with van der Waals surface area (Å²) in [5.74, 6) is 0.436. The van der Waals surface area contributed by atoms with Gasteiger partial charge in [-0.15, -0.1) is 0 Å². The Morgan fingerprint density at radius 3 is 2.62 bits per heavy atom. The first-order valence-electron chi connectivity index (χ1n) is 4.63. The number of aliphatic hydroxyl groups is 2. The molecule has 2 atom stereocenters. The molecule has 1 rings (SSSR count). The zero-order chi connectivity index (χ0) is 12.1. The van der Waals surface area contributed by atoms with Crippen molar-refractivity contribution in [1.82, 2.24) is 4.98 Å². The Kier molecular flexibility index (Phi) is 4.66. The Morgan fingerprint density at radius 2 is 2.19 bits per heavy atom. The zero-order valence-corrected chi connectivity index (χ0v) is 9.25. The normalized spacial score (nSPS) is 14.4. The summed E-state index contributed by atoms with van der Waals surface area (Å²) in [6.45, 7) is 0. The molecule has 6 nitrogen and oxygen atoms in total. The molecule has 16 heavy (non-hydrogen) atoms. The highest BCUT2D eigenvalue weighted by Gasteiger charge is 2.19. The third-order valence-corrected chi connectivity index (χ3v) is 2.33. The summed E-state index contributed by atoms with van der Waals surface area (Å²) in [5, 5.41) is 29.5. The Morgan fingerprint density at radius 1 is 1.50 bits per heavy atom. The molecule has 1 heterocycles. The monoisotopic (exact) mass is 244 g/mol. The van der Waals surface area contributed by atoms with E-state index in [9.17, 15) is 20.3 Å². The fourth-order valence-electron chi connectivity index (χ4n) is 1.17. The summed E-state index contributed by atoms with van der Waals surface area (Å²) >= 11 is 3.93.